The lowest BCUT2D eigenvalue weighted by Crippen LogP contribution is -2.55. The highest BCUT2D eigenvalue weighted by Crippen LogP contribution is 2.41. The van der Waals surface area contributed by atoms with Crippen LogP contribution in [0.4, 0.5) is 0 Å². The van der Waals surface area contributed by atoms with E-state index in [-0.39, 0.29) is 22.0 Å². The zero-order valence-corrected chi connectivity index (χ0v) is 23.4. The van der Waals surface area contributed by atoms with Crippen molar-refractivity contribution in [1.29, 1.82) is 0 Å². The lowest BCUT2D eigenvalue weighted by molar-refractivity contribution is -0.144. The first kappa shape index (κ1) is 26.5. The van der Waals surface area contributed by atoms with E-state index in [1.165, 1.54) is 0 Å². The summed E-state index contributed by atoms with van der Waals surface area (Å²) >= 11 is 0. The van der Waals surface area contributed by atoms with Crippen LogP contribution in [0.2, 0.25) is 36.3 Å². The summed E-state index contributed by atoms with van der Waals surface area (Å²) in [5.41, 5.74) is 1.14. The van der Waals surface area contributed by atoms with Crippen LogP contribution in [0.1, 0.15) is 59.9 Å². The Labute approximate surface area is 192 Å². The third kappa shape index (κ3) is 6.84. The minimum absolute atomic E-state index is 0.0426. The lowest BCUT2D eigenvalue weighted by atomic mass is 9.91. The van der Waals surface area contributed by atoms with Gasteiger partial charge in [0.25, 0.3) is 0 Å². The minimum Gasteiger partial charge on any atom is -0.407 e. The first-order chi connectivity index (χ1) is 14.0. The van der Waals surface area contributed by atoms with Crippen molar-refractivity contribution in [3.63, 3.8) is 0 Å². The topological polar surface area (TPSA) is 44.8 Å². The number of rotatable bonds is 7. The molecule has 1 aliphatic rings. The molecule has 0 N–H and O–H groups in total. The monoisotopic (exact) mass is 464 g/mol. The smallest absolute Gasteiger partial charge is 0.193 e. The van der Waals surface area contributed by atoms with Crippen molar-refractivity contribution in [3.8, 4) is 0 Å². The average molecular weight is 465 g/mol. The predicted octanol–water partition coefficient (Wildman–Crippen LogP) is 6.72. The summed E-state index contributed by atoms with van der Waals surface area (Å²) in [5.74, 6) is 0.106. The molecule has 1 aromatic carbocycles. The van der Waals surface area contributed by atoms with E-state index in [1.807, 2.05) is 18.2 Å². The van der Waals surface area contributed by atoms with Gasteiger partial charge in [-0.2, -0.15) is 0 Å². The number of hydrogen-bond acceptors (Lipinski definition) is 4. The summed E-state index contributed by atoms with van der Waals surface area (Å²) in [4.78, 5) is 13.5. The molecule has 6 heteroatoms. The van der Waals surface area contributed by atoms with E-state index in [9.17, 15) is 4.79 Å². The van der Waals surface area contributed by atoms with Gasteiger partial charge in [0.1, 0.15) is 12.2 Å². The number of benzene rings is 1. The minimum atomic E-state index is -2.10. The largest absolute Gasteiger partial charge is 0.407 e. The molecule has 1 aliphatic carbocycles. The maximum Gasteiger partial charge on any atom is 0.193 e. The third-order valence-corrected chi connectivity index (χ3v) is 16.4. The summed E-state index contributed by atoms with van der Waals surface area (Å²) < 4.78 is 19.5. The molecule has 0 aromatic heterocycles. The number of ether oxygens (including phenoxy) is 1. The average Bonchev–Trinajstić information content (AvgIpc) is 2.62. The number of ketones is 1. The van der Waals surface area contributed by atoms with Crippen molar-refractivity contribution in [2.45, 2.75) is 116 Å². The van der Waals surface area contributed by atoms with Crippen LogP contribution in [0.25, 0.3) is 0 Å². The molecule has 0 saturated heterocycles. The first-order valence-corrected chi connectivity index (χ1v) is 17.4. The van der Waals surface area contributed by atoms with Gasteiger partial charge in [0.2, 0.25) is 0 Å². The van der Waals surface area contributed by atoms with Crippen molar-refractivity contribution in [2.75, 3.05) is 0 Å². The predicted molar refractivity (Wildman–Crippen MR) is 133 cm³/mol. The van der Waals surface area contributed by atoms with Gasteiger partial charge in [-0.05, 0) is 41.8 Å². The van der Waals surface area contributed by atoms with Crippen LogP contribution in [-0.2, 0) is 25.0 Å². The van der Waals surface area contributed by atoms with Gasteiger partial charge >= 0.3 is 0 Å². The summed E-state index contributed by atoms with van der Waals surface area (Å²) in [6.45, 7) is 22.6. The van der Waals surface area contributed by atoms with E-state index in [4.69, 9.17) is 13.6 Å². The fourth-order valence-electron chi connectivity index (χ4n) is 3.22. The summed E-state index contributed by atoms with van der Waals surface area (Å²) in [7, 11) is -4.19. The van der Waals surface area contributed by atoms with Crippen LogP contribution in [0.15, 0.2) is 30.3 Å². The Bertz CT molecular complexity index is 692. The molecular weight excluding hydrogens is 420 g/mol. The summed E-state index contributed by atoms with van der Waals surface area (Å²) in [6.07, 6.45) is 0.253. The van der Waals surface area contributed by atoms with Crippen molar-refractivity contribution in [1.82, 2.24) is 0 Å². The van der Waals surface area contributed by atoms with Crippen LogP contribution >= 0.6 is 0 Å². The molecule has 0 heterocycles. The Morgan fingerprint density at radius 2 is 1.23 bits per heavy atom. The summed E-state index contributed by atoms with van der Waals surface area (Å²) in [6, 6.07) is 10.2. The van der Waals surface area contributed by atoms with Gasteiger partial charge in [-0.15, -0.1) is 0 Å². The molecule has 1 fully saturated rings. The Balaban J connectivity index is 2.22. The second-order valence-corrected chi connectivity index (χ2v) is 21.5. The van der Waals surface area contributed by atoms with Gasteiger partial charge in [0.05, 0.1) is 12.7 Å². The van der Waals surface area contributed by atoms with E-state index in [2.05, 4.69) is 79.9 Å². The number of hydrogen-bond donors (Lipinski definition) is 0. The molecule has 4 nitrogen and oxygen atoms in total. The van der Waals surface area contributed by atoms with E-state index >= 15 is 0 Å². The maximum absolute atomic E-state index is 13.5. The van der Waals surface area contributed by atoms with Gasteiger partial charge in [-0.3, -0.25) is 4.79 Å². The zero-order chi connectivity index (χ0) is 23.7. The molecule has 0 bridgehead atoms. The summed E-state index contributed by atoms with van der Waals surface area (Å²) in [5, 5.41) is 0.0851. The van der Waals surface area contributed by atoms with Gasteiger partial charge in [-0.1, -0.05) is 71.9 Å². The van der Waals surface area contributed by atoms with Gasteiger partial charge in [-0.25, -0.2) is 0 Å². The Hall–Kier alpha value is -0.796. The van der Waals surface area contributed by atoms with E-state index < -0.39 is 28.8 Å². The lowest BCUT2D eigenvalue weighted by Gasteiger charge is -2.45. The molecule has 3 atom stereocenters. The van der Waals surface area contributed by atoms with Gasteiger partial charge in [0.15, 0.2) is 22.4 Å². The van der Waals surface area contributed by atoms with E-state index in [0.29, 0.717) is 19.4 Å². The second-order valence-electron chi connectivity index (χ2n) is 12.0. The molecule has 0 radical (unpaired) electrons. The van der Waals surface area contributed by atoms with Crippen LogP contribution in [0, 0.1) is 0 Å². The van der Waals surface area contributed by atoms with Crippen LogP contribution in [0.5, 0.6) is 0 Å². The van der Waals surface area contributed by atoms with Crippen molar-refractivity contribution < 1.29 is 18.4 Å². The Kier molecular flexibility index (Phi) is 8.19. The SMILES string of the molecule is CC(C)(C)[Si](C)(C)O[C@H]1CC(OCc2ccccc2)C[C@@H](O[Si](C)(C)C(C)(C)C)C1=O. The normalized spacial score (nSPS) is 23.8. The highest BCUT2D eigenvalue weighted by atomic mass is 28.4. The quantitative estimate of drug-likeness (QED) is 0.420. The molecule has 2 rings (SSSR count). The van der Waals surface area contributed by atoms with Gasteiger partial charge in [0, 0.05) is 12.8 Å². The van der Waals surface area contributed by atoms with E-state index in [1.54, 1.807) is 0 Å². The molecule has 1 unspecified atom stereocenters. The fraction of sp³-hybridized carbons (Fsp3) is 0.720. The van der Waals surface area contributed by atoms with Gasteiger partial charge < -0.3 is 13.6 Å². The standard InChI is InChI=1S/C25H44O4Si2/c1-24(2,3)30(7,8)28-21-16-20(27-18-19-14-12-11-13-15-19)17-22(23(21)26)29-31(9,10)25(4,5)6/h11-15,20-22H,16-18H2,1-10H3/t20?,21-,22+. The second kappa shape index (κ2) is 9.60. The molecule has 1 aromatic rings. The number of Topliss-reactive ketones (excluding diaryl/α,β-unsaturated/α-hetero) is 1. The Morgan fingerprint density at radius 3 is 1.61 bits per heavy atom. The number of carbonyl (C=O) groups is 1. The molecule has 176 valence electrons. The third-order valence-electron chi connectivity index (χ3n) is 7.40. The molecule has 0 amide bonds. The van der Waals surface area contributed by atoms with Crippen molar-refractivity contribution in [2.24, 2.45) is 0 Å². The highest BCUT2D eigenvalue weighted by molar-refractivity contribution is 6.74. The van der Waals surface area contributed by atoms with Crippen LogP contribution in [-0.4, -0.2) is 40.7 Å². The van der Waals surface area contributed by atoms with E-state index in [0.717, 1.165) is 5.56 Å². The van der Waals surface area contributed by atoms with Crippen molar-refractivity contribution >= 4 is 22.4 Å². The first-order valence-electron chi connectivity index (χ1n) is 11.6. The zero-order valence-electron chi connectivity index (χ0n) is 21.4. The van der Waals surface area contributed by atoms with Crippen LogP contribution < -0.4 is 0 Å². The Morgan fingerprint density at radius 1 is 0.806 bits per heavy atom. The molecule has 0 spiro atoms. The maximum atomic E-state index is 13.5. The fourth-order valence-corrected chi connectivity index (χ4v) is 5.77. The molecule has 1 saturated carbocycles. The molecular formula is C25H44O4Si2. The van der Waals surface area contributed by atoms with Crippen molar-refractivity contribution in [3.05, 3.63) is 35.9 Å². The molecule has 0 aliphatic heterocycles. The van der Waals surface area contributed by atoms with Crippen LogP contribution in [0.3, 0.4) is 0 Å². The highest BCUT2D eigenvalue weighted by Gasteiger charge is 2.48. The molecule has 31 heavy (non-hydrogen) atoms. The number of carbonyl (C=O) groups excluding carboxylic acids is 1.